The Kier molecular flexibility index (Phi) is 3.72. The van der Waals surface area contributed by atoms with Crippen LogP contribution in [0.4, 0.5) is 0 Å². The van der Waals surface area contributed by atoms with Gasteiger partial charge in [0.15, 0.2) is 0 Å². The van der Waals surface area contributed by atoms with Crippen LogP contribution in [0.25, 0.3) is 0 Å². The van der Waals surface area contributed by atoms with E-state index in [1.807, 2.05) is 0 Å². The minimum Gasteiger partial charge on any atom is -0.394 e. The van der Waals surface area contributed by atoms with Gasteiger partial charge in [-0.05, 0) is 0 Å². The van der Waals surface area contributed by atoms with Gasteiger partial charge in [0.1, 0.15) is 18.3 Å². The van der Waals surface area contributed by atoms with Crippen molar-refractivity contribution in [2.24, 2.45) is 0 Å². The lowest BCUT2D eigenvalue weighted by atomic mass is 10.4. The van der Waals surface area contributed by atoms with E-state index in [0.29, 0.717) is 19.8 Å². The lowest BCUT2D eigenvalue weighted by Gasteiger charge is -2.14. The van der Waals surface area contributed by atoms with E-state index in [9.17, 15) is 0 Å². The summed E-state index contributed by atoms with van der Waals surface area (Å²) < 4.78 is 20.7. The van der Waals surface area contributed by atoms with Gasteiger partial charge in [-0.15, -0.1) is 0 Å². The molecule has 2 aliphatic heterocycles. The van der Waals surface area contributed by atoms with Crippen molar-refractivity contribution >= 4 is 0 Å². The Labute approximate surface area is 82.9 Å². The summed E-state index contributed by atoms with van der Waals surface area (Å²) in [6.07, 6.45) is 0.259. The highest BCUT2D eigenvalue weighted by Gasteiger charge is 2.25. The Morgan fingerprint density at radius 2 is 1.86 bits per heavy atom. The lowest BCUT2D eigenvalue weighted by molar-refractivity contribution is -0.0481. The van der Waals surface area contributed by atoms with E-state index in [1.54, 1.807) is 0 Å². The molecule has 0 amide bonds. The highest BCUT2D eigenvalue weighted by molar-refractivity contribution is 4.70. The second-order valence-corrected chi connectivity index (χ2v) is 3.59. The van der Waals surface area contributed by atoms with Crippen LogP contribution in [-0.2, 0) is 18.9 Å². The third-order valence-corrected chi connectivity index (χ3v) is 2.13. The zero-order valence-corrected chi connectivity index (χ0v) is 8.05. The fourth-order valence-electron chi connectivity index (χ4n) is 1.06. The normalized spacial score (nSPS) is 31.5. The molecule has 0 bridgehead atoms. The van der Waals surface area contributed by atoms with E-state index in [4.69, 9.17) is 24.1 Å². The Hall–Kier alpha value is -0.200. The molecule has 2 saturated heterocycles. The van der Waals surface area contributed by atoms with Crippen molar-refractivity contribution in [2.45, 2.75) is 18.3 Å². The Bertz CT molecular complexity index is 167. The van der Waals surface area contributed by atoms with E-state index < -0.39 is 0 Å². The Morgan fingerprint density at radius 3 is 2.43 bits per heavy atom. The summed E-state index contributed by atoms with van der Waals surface area (Å²) in [5, 5.41) is 8.96. The van der Waals surface area contributed by atoms with Gasteiger partial charge in [-0.25, -0.2) is 0 Å². The van der Waals surface area contributed by atoms with Gasteiger partial charge >= 0.3 is 0 Å². The Morgan fingerprint density at radius 1 is 1.21 bits per heavy atom. The molecule has 14 heavy (non-hydrogen) atoms. The largest absolute Gasteiger partial charge is 0.394 e. The summed E-state index contributed by atoms with van der Waals surface area (Å²) in [5.41, 5.74) is 0. The van der Waals surface area contributed by atoms with Crippen LogP contribution in [0.5, 0.6) is 0 Å². The van der Waals surface area contributed by atoms with Crippen molar-refractivity contribution < 1.29 is 24.1 Å². The molecule has 0 spiro atoms. The number of aliphatic hydroxyl groups excluding tert-OH is 1. The number of epoxide rings is 2. The molecule has 5 nitrogen and oxygen atoms in total. The van der Waals surface area contributed by atoms with E-state index >= 15 is 0 Å². The SMILES string of the molecule is OC[C@H](COC[C@@H]1CO1)OC[C@H]1CO1. The molecule has 0 aliphatic carbocycles. The highest BCUT2D eigenvalue weighted by atomic mass is 16.6. The molecule has 2 fully saturated rings. The van der Waals surface area contributed by atoms with Crippen LogP contribution in [0.2, 0.25) is 0 Å². The van der Waals surface area contributed by atoms with Crippen molar-refractivity contribution in [3.63, 3.8) is 0 Å². The van der Waals surface area contributed by atoms with Gasteiger partial charge in [-0.1, -0.05) is 0 Å². The summed E-state index contributed by atoms with van der Waals surface area (Å²) in [7, 11) is 0. The summed E-state index contributed by atoms with van der Waals surface area (Å²) in [5.74, 6) is 0. The van der Waals surface area contributed by atoms with Crippen molar-refractivity contribution in [3.05, 3.63) is 0 Å². The van der Waals surface area contributed by atoms with Gasteiger partial charge in [0.2, 0.25) is 0 Å². The van der Waals surface area contributed by atoms with E-state index in [0.717, 1.165) is 13.2 Å². The predicted molar refractivity (Wildman–Crippen MR) is 47.1 cm³/mol. The molecule has 0 radical (unpaired) electrons. The Balaban J connectivity index is 1.49. The van der Waals surface area contributed by atoms with Gasteiger partial charge in [-0.3, -0.25) is 0 Å². The van der Waals surface area contributed by atoms with E-state index in [2.05, 4.69) is 0 Å². The van der Waals surface area contributed by atoms with Crippen LogP contribution in [0.15, 0.2) is 0 Å². The second kappa shape index (κ2) is 5.04. The monoisotopic (exact) mass is 204 g/mol. The highest BCUT2D eigenvalue weighted by Crippen LogP contribution is 2.11. The molecule has 0 unspecified atom stereocenters. The van der Waals surface area contributed by atoms with Gasteiger partial charge in [0, 0.05) is 0 Å². The van der Waals surface area contributed by atoms with Crippen LogP contribution >= 0.6 is 0 Å². The van der Waals surface area contributed by atoms with Gasteiger partial charge in [-0.2, -0.15) is 0 Å². The first-order chi connectivity index (χ1) is 6.88. The third-order valence-electron chi connectivity index (χ3n) is 2.13. The predicted octanol–water partition coefficient (Wildman–Crippen LogP) is -0.822. The van der Waals surface area contributed by atoms with E-state index in [-0.39, 0.29) is 24.9 Å². The molecule has 1 N–H and O–H groups in total. The number of ether oxygens (including phenoxy) is 4. The molecule has 0 saturated carbocycles. The molecule has 82 valence electrons. The summed E-state index contributed by atoms with van der Waals surface area (Å²) >= 11 is 0. The number of aliphatic hydroxyl groups is 1. The first-order valence-electron chi connectivity index (χ1n) is 4.92. The molecular weight excluding hydrogens is 188 g/mol. The van der Waals surface area contributed by atoms with Gasteiger partial charge < -0.3 is 24.1 Å². The average Bonchev–Trinajstić information content (AvgIpc) is 3.01. The van der Waals surface area contributed by atoms with Gasteiger partial charge in [0.25, 0.3) is 0 Å². The topological polar surface area (TPSA) is 63.8 Å². The zero-order valence-electron chi connectivity index (χ0n) is 8.05. The molecule has 0 aromatic carbocycles. The molecule has 2 aliphatic rings. The van der Waals surface area contributed by atoms with Crippen LogP contribution in [0.1, 0.15) is 0 Å². The van der Waals surface area contributed by atoms with Crippen molar-refractivity contribution in [1.82, 2.24) is 0 Å². The number of rotatable bonds is 8. The van der Waals surface area contributed by atoms with Crippen LogP contribution in [0, 0.1) is 0 Å². The third kappa shape index (κ3) is 3.89. The number of hydrogen-bond acceptors (Lipinski definition) is 5. The summed E-state index contributed by atoms with van der Waals surface area (Å²) in [6, 6.07) is 0. The zero-order chi connectivity index (χ0) is 9.80. The summed E-state index contributed by atoms with van der Waals surface area (Å²) in [4.78, 5) is 0. The van der Waals surface area contributed by atoms with E-state index in [1.165, 1.54) is 0 Å². The maximum atomic E-state index is 8.96. The second-order valence-electron chi connectivity index (χ2n) is 3.59. The van der Waals surface area contributed by atoms with Crippen molar-refractivity contribution in [2.75, 3.05) is 39.6 Å². The summed E-state index contributed by atoms with van der Waals surface area (Å²) in [6.45, 7) is 3.12. The molecule has 2 rings (SSSR count). The lowest BCUT2D eigenvalue weighted by Crippen LogP contribution is -2.26. The quantitative estimate of drug-likeness (QED) is 0.523. The minimum absolute atomic E-state index is 0.0156. The molecule has 3 atom stereocenters. The molecule has 0 aromatic heterocycles. The fraction of sp³-hybridized carbons (Fsp3) is 1.00. The standard InChI is InChI=1S/C9H16O5/c10-1-7(12-5-9-6-14-9)2-11-3-8-4-13-8/h7-10H,1-6H2/t7-,8-,9+/m1/s1. The molecular formula is C9H16O5. The van der Waals surface area contributed by atoms with Crippen LogP contribution in [-0.4, -0.2) is 63.1 Å². The van der Waals surface area contributed by atoms with Crippen LogP contribution in [0.3, 0.4) is 0 Å². The number of hydrogen-bond donors (Lipinski definition) is 1. The molecule has 2 heterocycles. The maximum Gasteiger partial charge on any atom is 0.104 e. The smallest absolute Gasteiger partial charge is 0.104 e. The fourth-order valence-corrected chi connectivity index (χ4v) is 1.06. The molecule has 5 heteroatoms. The van der Waals surface area contributed by atoms with Crippen molar-refractivity contribution in [1.29, 1.82) is 0 Å². The first kappa shape index (κ1) is 10.3. The average molecular weight is 204 g/mol. The minimum atomic E-state index is -0.238. The van der Waals surface area contributed by atoms with Crippen molar-refractivity contribution in [3.8, 4) is 0 Å². The van der Waals surface area contributed by atoms with Crippen LogP contribution < -0.4 is 0 Å². The molecule has 0 aromatic rings. The van der Waals surface area contributed by atoms with Gasteiger partial charge in [0.05, 0.1) is 39.6 Å². The maximum absolute atomic E-state index is 8.96. The first-order valence-corrected chi connectivity index (χ1v) is 4.92.